The van der Waals surface area contributed by atoms with Gasteiger partial charge >= 0.3 is 5.97 Å². The van der Waals surface area contributed by atoms with Gasteiger partial charge in [0.1, 0.15) is 0 Å². The summed E-state index contributed by atoms with van der Waals surface area (Å²) in [4.78, 5) is 18.4. The van der Waals surface area contributed by atoms with E-state index in [9.17, 15) is 4.79 Å². The molecule has 0 fully saturated rings. The number of benzene rings is 2. The molecule has 0 aliphatic heterocycles. The Hall–Kier alpha value is -3.14. The van der Waals surface area contributed by atoms with Crippen LogP contribution in [0, 0.1) is 0 Å². The summed E-state index contributed by atoms with van der Waals surface area (Å²) < 4.78 is 4.91. The van der Waals surface area contributed by atoms with Gasteiger partial charge in [0.25, 0.3) is 0 Å². The number of ether oxygens (including phenoxy) is 1. The number of para-hydroxylation sites is 1. The molecule has 1 aliphatic rings. The number of aryl methyl sites for hydroxylation is 2. The number of anilines is 2. The first-order chi connectivity index (χ1) is 14.2. The standard InChI is InChI=1S/C25H26N2O2/c1-27(21-6-4-3-5-7-21)22-12-13-23-18(8-10-19(23)16-22)9-11-20-17-26-15-14-24(20)25(28)29-2/h3-7,12-18H,8-11H2,1-2H3/t18-/m1/s1. The molecule has 0 N–H and O–H groups in total. The molecule has 0 radical (unpaired) electrons. The van der Waals surface area contributed by atoms with Gasteiger partial charge in [-0.25, -0.2) is 4.79 Å². The van der Waals surface area contributed by atoms with Gasteiger partial charge in [-0.05, 0) is 78.6 Å². The molecular formula is C25H26N2O2. The first-order valence-electron chi connectivity index (χ1n) is 10.1. The maximum Gasteiger partial charge on any atom is 0.338 e. The Morgan fingerprint density at radius 3 is 2.76 bits per heavy atom. The van der Waals surface area contributed by atoms with Crippen LogP contribution in [0.15, 0.2) is 67.0 Å². The van der Waals surface area contributed by atoms with E-state index in [1.54, 1.807) is 18.5 Å². The van der Waals surface area contributed by atoms with E-state index in [4.69, 9.17) is 4.74 Å². The molecule has 0 spiro atoms. The number of hydrogen-bond donors (Lipinski definition) is 0. The Kier molecular flexibility index (Phi) is 5.61. The Morgan fingerprint density at radius 1 is 1.14 bits per heavy atom. The van der Waals surface area contributed by atoms with Gasteiger partial charge in [-0.1, -0.05) is 24.3 Å². The minimum Gasteiger partial charge on any atom is -0.465 e. The lowest BCUT2D eigenvalue weighted by atomic mass is 9.93. The Balaban J connectivity index is 1.48. The summed E-state index contributed by atoms with van der Waals surface area (Å²) in [5, 5.41) is 0. The zero-order valence-electron chi connectivity index (χ0n) is 17.0. The molecule has 4 nitrogen and oxygen atoms in total. The van der Waals surface area contributed by atoms with Crippen molar-refractivity contribution in [2.45, 2.75) is 31.6 Å². The van der Waals surface area contributed by atoms with E-state index in [2.05, 4.69) is 59.4 Å². The molecule has 1 aliphatic carbocycles. The molecule has 0 saturated carbocycles. The Morgan fingerprint density at radius 2 is 1.97 bits per heavy atom. The summed E-state index contributed by atoms with van der Waals surface area (Å²) >= 11 is 0. The van der Waals surface area contributed by atoms with Crippen molar-refractivity contribution >= 4 is 17.3 Å². The predicted molar refractivity (Wildman–Crippen MR) is 116 cm³/mol. The van der Waals surface area contributed by atoms with Crippen molar-refractivity contribution in [1.29, 1.82) is 0 Å². The summed E-state index contributed by atoms with van der Waals surface area (Å²) in [5.74, 6) is 0.231. The summed E-state index contributed by atoms with van der Waals surface area (Å²) in [6, 6.07) is 19.0. The third-order valence-corrected chi connectivity index (χ3v) is 5.93. The molecular weight excluding hydrogens is 360 g/mol. The molecule has 0 bridgehead atoms. The number of fused-ring (bicyclic) bond motifs is 1. The highest BCUT2D eigenvalue weighted by molar-refractivity contribution is 5.90. The quantitative estimate of drug-likeness (QED) is 0.539. The topological polar surface area (TPSA) is 42.4 Å². The van der Waals surface area contributed by atoms with Crippen LogP contribution in [-0.4, -0.2) is 25.1 Å². The molecule has 4 heteroatoms. The zero-order chi connectivity index (χ0) is 20.2. The van der Waals surface area contributed by atoms with Gasteiger partial charge in [0, 0.05) is 30.8 Å². The van der Waals surface area contributed by atoms with Crippen molar-refractivity contribution in [1.82, 2.24) is 4.98 Å². The van der Waals surface area contributed by atoms with Crippen LogP contribution in [0.25, 0.3) is 0 Å². The van der Waals surface area contributed by atoms with Crippen molar-refractivity contribution < 1.29 is 9.53 Å². The smallest absolute Gasteiger partial charge is 0.338 e. The molecule has 1 heterocycles. The SMILES string of the molecule is COC(=O)c1ccncc1CC[C@H]1CCc2cc(N(C)c3ccccc3)ccc21. The highest BCUT2D eigenvalue weighted by Crippen LogP contribution is 2.39. The fourth-order valence-electron chi connectivity index (χ4n) is 4.27. The summed E-state index contributed by atoms with van der Waals surface area (Å²) in [6.07, 6.45) is 7.53. The molecule has 1 aromatic heterocycles. The monoisotopic (exact) mass is 386 g/mol. The molecule has 0 amide bonds. The van der Waals surface area contributed by atoms with Crippen LogP contribution in [0.1, 0.15) is 45.8 Å². The number of carbonyl (C=O) groups excluding carboxylic acids is 1. The number of aromatic nitrogens is 1. The summed E-state index contributed by atoms with van der Waals surface area (Å²) in [7, 11) is 3.53. The van der Waals surface area contributed by atoms with E-state index in [1.807, 2.05) is 6.07 Å². The van der Waals surface area contributed by atoms with Gasteiger partial charge in [-0.2, -0.15) is 0 Å². The first kappa shape index (κ1) is 19.2. The molecule has 148 valence electrons. The summed E-state index contributed by atoms with van der Waals surface area (Å²) in [5.41, 5.74) is 6.88. The molecule has 2 aromatic carbocycles. The summed E-state index contributed by atoms with van der Waals surface area (Å²) in [6.45, 7) is 0. The molecule has 0 unspecified atom stereocenters. The number of nitrogens with zero attached hydrogens (tertiary/aromatic N) is 2. The molecule has 3 aromatic rings. The maximum absolute atomic E-state index is 12.0. The zero-order valence-corrected chi connectivity index (χ0v) is 17.0. The van der Waals surface area contributed by atoms with Crippen molar-refractivity contribution in [3.63, 3.8) is 0 Å². The van der Waals surface area contributed by atoms with Crippen LogP contribution in [0.5, 0.6) is 0 Å². The van der Waals surface area contributed by atoms with Gasteiger partial charge in [0.2, 0.25) is 0 Å². The average molecular weight is 386 g/mol. The molecule has 4 rings (SSSR count). The van der Waals surface area contributed by atoms with Crippen LogP contribution < -0.4 is 4.90 Å². The normalized spacial score (nSPS) is 15.0. The van der Waals surface area contributed by atoms with E-state index >= 15 is 0 Å². The van der Waals surface area contributed by atoms with E-state index < -0.39 is 0 Å². The molecule has 1 atom stereocenters. The Bertz CT molecular complexity index is 1000. The third kappa shape index (κ3) is 4.02. The number of rotatable bonds is 6. The van der Waals surface area contributed by atoms with E-state index in [0.29, 0.717) is 11.5 Å². The number of methoxy groups -OCH3 is 1. The fourth-order valence-corrected chi connectivity index (χ4v) is 4.27. The number of carbonyl (C=O) groups is 1. The van der Waals surface area contributed by atoms with Gasteiger partial charge in [-0.3, -0.25) is 4.98 Å². The van der Waals surface area contributed by atoms with E-state index in [0.717, 1.165) is 31.2 Å². The second kappa shape index (κ2) is 8.48. The Labute approximate surface area is 172 Å². The maximum atomic E-state index is 12.0. The van der Waals surface area contributed by atoms with Gasteiger partial charge in [-0.15, -0.1) is 0 Å². The highest BCUT2D eigenvalue weighted by atomic mass is 16.5. The van der Waals surface area contributed by atoms with Crippen LogP contribution in [0.2, 0.25) is 0 Å². The first-order valence-corrected chi connectivity index (χ1v) is 10.1. The number of pyridine rings is 1. The van der Waals surface area contributed by atoms with Crippen LogP contribution in [0.3, 0.4) is 0 Å². The van der Waals surface area contributed by atoms with Crippen molar-refractivity contribution in [3.8, 4) is 0 Å². The lowest BCUT2D eigenvalue weighted by molar-refractivity contribution is 0.0599. The minimum absolute atomic E-state index is 0.289. The second-order valence-corrected chi connectivity index (χ2v) is 7.58. The lowest BCUT2D eigenvalue weighted by Crippen LogP contribution is -2.09. The highest BCUT2D eigenvalue weighted by Gasteiger charge is 2.24. The van der Waals surface area contributed by atoms with E-state index in [1.165, 1.54) is 29.6 Å². The largest absolute Gasteiger partial charge is 0.465 e. The number of esters is 1. The fraction of sp³-hybridized carbons (Fsp3) is 0.280. The lowest BCUT2D eigenvalue weighted by Gasteiger charge is -2.21. The number of hydrogen-bond acceptors (Lipinski definition) is 4. The van der Waals surface area contributed by atoms with Gasteiger partial charge in [0.15, 0.2) is 0 Å². The minimum atomic E-state index is -0.289. The molecule has 29 heavy (non-hydrogen) atoms. The molecule has 0 saturated heterocycles. The van der Waals surface area contributed by atoms with Gasteiger partial charge in [0.05, 0.1) is 12.7 Å². The van der Waals surface area contributed by atoms with Crippen molar-refractivity contribution in [3.05, 3.63) is 89.2 Å². The van der Waals surface area contributed by atoms with Crippen LogP contribution in [0.4, 0.5) is 11.4 Å². The second-order valence-electron chi connectivity index (χ2n) is 7.58. The van der Waals surface area contributed by atoms with Crippen molar-refractivity contribution in [2.75, 3.05) is 19.1 Å². The van der Waals surface area contributed by atoms with Crippen LogP contribution in [-0.2, 0) is 17.6 Å². The average Bonchev–Trinajstić information content (AvgIpc) is 3.19. The third-order valence-electron chi connectivity index (χ3n) is 5.93. The van der Waals surface area contributed by atoms with Gasteiger partial charge < -0.3 is 9.64 Å². The van der Waals surface area contributed by atoms with E-state index in [-0.39, 0.29) is 5.97 Å². The van der Waals surface area contributed by atoms with Crippen molar-refractivity contribution in [2.24, 2.45) is 0 Å². The predicted octanol–water partition coefficient (Wildman–Crippen LogP) is 5.30. The van der Waals surface area contributed by atoms with Crippen LogP contribution >= 0.6 is 0 Å².